The van der Waals surface area contributed by atoms with E-state index in [0.29, 0.717) is 0 Å². The van der Waals surface area contributed by atoms with E-state index in [1.807, 2.05) is 29.6 Å². The molecule has 0 spiro atoms. The van der Waals surface area contributed by atoms with Gasteiger partial charge < -0.3 is 5.32 Å². The lowest BCUT2D eigenvalue weighted by Crippen LogP contribution is -1.96. The molecule has 0 fully saturated rings. The van der Waals surface area contributed by atoms with Crippen LogP contribution in [0, 0.1) is 5.82 Å². The second-order valence-electron chi connectivity index (χ2n) is 6.21. The second kappa shape index (κ2) is 6.45. The average molecular weight is 371 g/mol. The van der Waals surface area contributed by atoms with Crippen LogP contribution in [0.3, 0.4) is 0 Å². The van der Waals surface area contributed by atoms with Crippen LogP contribution in [0.25, 0.3) is 32.1 Å². The van der Waals surface area contributed by atoms with Gasteiger partial charge in [-0.1, -0.05) is 48.5 Å². The Bertz CT molecular complexity index is 1260. The standard InChI is InChI=1S/C22H14FN3S/c23-16-10-8-15(9-11-16)18-12-27-22-20(18)21(24-13-25-22)26-19-7-3-5-14-4-1-2-6-17(14)19/h1-13H,(H,24,25,26). The van der Waals surface area contributed by atoms with Crippen LogP contribution in [0.2, 0.25) is 0 Å². The molecular weight excluding hydrogens is 357 g/mol. The molecule has 0 aliphatic heterocycles. The van der Waals surface area contributed by atoms with E-state index < -0.39 is 0 Å². The quantitative estimate of drug-likeness (QED) is 0.399. The van der Waals surface area contributed by atoms with E-state index in [2.05, 4.69) is 33.5 Å². The fourth-order valence-electron chi connectivity index (χ4n) is 3.27. The monoisotopic (exact) mass is 371 g/mol. The van der Waals surface area contributed by atoms with E-state index in [4.69, 9.17) is 0 Å². The van der Waals surface area contributed by atoms with Gasteiger partial charge in [0.15, 0.2) is 0 Å². The molecule has 27 heavy (non-hydrogen) atoms. The number of hydrogen-bond acceptors (Lipinski definition) is 4. The van der Waals surface area contributed by atoms with Crippen molar-refractivity contribution in [2.45, 2.75) is 0 Å². The van der Waals surface area contributed by atoms with E-state index in [1.54, 1.807) is 29.8 Å². The first-order valence-electron chi connectivity index (χ1n) is 8.52. The van der Waals surface area contributed by atoms with Crippen molar-refractivity contribution in [2.75, 3.05) is 5.32 Å². The second-order valence-corrected chi connectivity index (χ2v) is 7.07. The Morgan fingerprint density at radius 3 is 2.56 bits per heavy atom. The van der Waals surface area contributed by atoms with Gasteiger partial charge in [-0.25, -0.2) is 14.4 Å². The van der Waals surface area contributed by atoms with Crippen molar-refractivity contribution in [1.82, 2.24) is 9.97 Å². The Morgan fingerprint density at radius 2 is 1.67 bits per heavy atom. The summed E-state index contributed by atoms with van der Waals surface area (Å²) in [6.07, 6.45) is 1.57. The van der Waals surface area contributed by atoms with Crippen molar-refractivity contribution in [3.8, 4) is 11.1 Å². The predicted octanol–water partition coefficient (Wildman–Crippen LogP) is 6.39. The molecule has 2 heterocycles. The van der Waals surface area contributed by atoms with Crippen LogP contribution in [0.15, 0.2) is 78.4 Å². The van der Waals surface area contributed by atoms with Crippen LogP contribution in [-0.2, 0) is 0 Å². The minimum absolute atomic E-state index is 0.247. The molecule has 0 atom stereocenters. The number of aromatic nitrogens is 2. The van der Waals surface area contributed by atoms with Crippen LogP contribution in [-0.4, -0.2) is 9.97 Å². The van der Waals surface area contributed by atoms with Crippen molar-refractivity contribution >= 4 is 43.8 Å². The van der Waals surface area contributed by atoms with E-state index >= 15 is 0 Å². The highest BCUT2D eigenvalue weighted by Gasteiger charge is 2.14. The molecule has 5 rings (SSSR count). The number of benzene rings is 3. The number of fused-ring (bicyclic) bond motifs is 2. The van der Waals surface area contributed by atoms with Crippen LogP contribution in [0.4, 0.5) is 15.9 Å². The molecule has 0 unspecified atom stereocenters. The highest BCUT2D eigenvalue weighted by molar-refractivity contribution is 7.17. The smallest absolute Gasteiger partial charge is 0.143 e. The molecule has 3 nitrogen and oxygen atoms in total. The van der Waals surface area contributed by atoms with Crippen LogP contribution < -0.4 is 5.32 Å². The average Bonchev–Trinajstić information content (AvgIpc) is 3.14. The number of anilines is 2. The normalized spacial score (nSPS) is 11.1. The number of hydrogen-bond donors (Lipinski definition) is 1. The summed E-state index contributed by atoms with van der Waals surface area (Å²) in [6, 6.07) is 20.9. The third-order valence-electron chi connectivity index (χ3n) is 4.57. The maximum Gasteiger partial charge on any atom is 0.143 e. The summed E-state index contributed by atoms with van der Waals surface area (Å²) in [5.74, 6) is 0.501. The summed E-state index contributed by atoms with van der Waals surface area (Å²) in [5.41, 5.74) is 2.93. The summed E-state index contributed by atoms with van der Waals surface area (Å²) < 4.78 is 13.3. The third kappa shape index (κ3) is 2.82. The Kier molecular flexibility index (Phi) is 3.80. The van der Waals surface area contributed by atoms with Crippen molar-refractivity contribution in [3.63, 3.8) is 0 Å². The van der Waals surface area contributed by atoms with Gasteiger partial charge >= 0.3 is 0 Å². The molecule has 0 aliphatic rings. The number of nitrogens with one attached hydrogen (secondary N) is 1. The molecule has 3 aromatic carbocycles. The van der Waals surface area contributed by atoms with Gasteiger partial charge in [0.2, 0.25) is 0 Å². The van der Waals surface area contributed by atoms with E-state index in [-0.39, 0.29) is 5.82 Å². The van der Waals surface area contributed by atoms with Gasteiger partial charge in [-0.15, -0.1) is 11.3 Å². The molecule has 5 heteroatoms. The molecule has 0 amide bonds. The topological polar surface area (TPSA) is 37.8 Å². The summed E-state index contributed by atoms with van der Waals surface area (Å²) in [7, 11) is 0. The predicted molar refractivity (Wildman–Crippen MR) is 110 cm³/mol. The first kappa shape index (κ1) is 15.9. The number of thiophene rings is 1. The fraction of sp³-hybridized carbons (Fsp3) is 0. The van der Waals surface area contributed by atoms with E-state index in [9.17, 15) is 4.39 Å². The van der Waals surface area contributed by atoms with Crippen LogP contribution >= 0.6 is 11.3 Å². The summed E-state index contributed by atoms with van der Waals surface area (Å²) >= 11 is 1.56. The SMILES string of the molecule is Fc1ccc(-c2csc3ncnc(Nc4cccc5ccccc45)c23)cc1. The summed E-state index contributed by atoms with van der Waals surface area (Å²) in [5, 5.41) is 8.76. The molecule has 130 valence electrons. The van der Waals surface area contributed by atoms with Gasteiger partial charge in [-0.3, -0.25) is 0 Å². The Balaban J connectivity index is 1.67. The maximum absolute atomic E-state index is 13.3. The summed E-state index contributed by atoms with van der Waals surface area (Å²) in [4.78, 5) is 9.79. The Labute approximate surface area is 159 Å². The largest absolute Gasteiger partial charge is 0.339 e. The van der Waals surface area contributed by atoms with Gasteiger partial charge in [0, 0.05) is 22.0 Å². The molecule has 0 radical (unpaired) electrons. The number of rotatable bonds is 3. The Morgan fingerprint density at radius 1 is 0.852 bits per heavy atom. The molecule has 0 aliphatic carbocycles. The fourth-order valence-corrected chi connectivity index (χ4v) is 4.19. The van der Waals surface area contributed by atoms with Gasteiger partial charge in [0.1, 0.15) is 22.8 Å². The van der Waals surface area contributed by atoms with Crippen molar-refractivity contribution in [3.05, 3.63) is 84.3 Å². The zero-order chi connectivity index (χ0) is 18.2. The molecule has 0 saturated heterocycles. The van der Waals surface area contributed by atoms with Gasteiger partial charge in [-0.2, -0.15) is 0 Å². The lowest BCUT2D eigenvalue weighted by molar-refractivity contribution is 0.628. The molecule has 1 N–H and O–H groups in total. The zero-order valence-electron chi connectivity index (χ0n) is 14.2. The minimum Gasteiger partial charge on any atom is -0.339 e. The molecule has 5 aromatic rings. The third-order valence-corrected chi connectivity index (χ3v) is 5.45. The maximum atomic E-state index is 13.3. The van der Waals surface area contributed by atoms with Gasteiger partial charge in [-0.05, 0) is 29.1 Å². The Hall–Kier alpha value is -3.31. The molecule has 0 saturated carbocycles. The summed E-state index contributed by atoms with van der Waals surface area (Å²) in [6.45, 7) is 0. The van der Waals surface area contributed by atoms with Gasteiger partial charge in [0.25, 0.3) is 0 Å². The van der Waals surface area contributed by atoms with Crippen molar-refractivity contribution in [2.24, 2.45) is 0 Å². The number of halogens is 1. The molecule has 0 bridgehead atoms. The van der Waals surface area contributed by atoms with E-state index in [1.165, 1.54) is 12.1 Å². The van der Waals surface area contributed by atoms with Gasteiger partial charge in [0.05, 0.1) is 5.39 Å². The molecule has 2 aromatic heterocycles. The van der Waals surface area contributed by atoms with Crippen LogP contribution in [0.1, 0.15) is 0 Å². The van der Waals surface area contributed by atoms with Crippen molar-refractivity contribution in [1.29, 1.82) is 0 Å². The lowest BCUT2D eigenvalue weighted by atomic mass is 10.1. The first-order chi connectivity index (χ1) is 13.3. The highest BCUT2D eigenvalue weighted by Crippen LogP contribution is 2.38. The minimum atomic E-state index is -0.247. The lowest BCUT2D eigenvalue weighted by Gasteiger charge is -2.11. The van der Waals surface area contributed by atoms with Crippen molar-refractivity contribution < 1.29 is 4.39 Å². The first-order valence-corrected chi connectivity index (χ1v) is 9.40. The highest BCUT2D eigenvalue weighted by atomic mass is 32.1. The zero-order valence-corrected chi connectivity index (χ0v) is 15.0. The number of nitrogens with zero attached hydrogens (tertiary/aromatic N) is 2. The van der Waals surface area contributed by atoms with Crippen LogP contribution in [0.5, 0.6) is 0 Å². The van der Waals surface area contributed by atoms with E-state index in [0.717, 1.165) is 43.6 Å². The molecular formula is C22H14FN3S.